The van der Waals surface area contributed by atoms with Crippen LogP contribution in [0.5, 0.6) is 0 Å². The van der Waals surface area contributed by atoms with E-state index in [0.29, 0.717) is 11.8 Å². The zero-order chi connectivity index (χ0) is 12.6. The Kier molecular flexibility index (Phi) is 6.41. The van der Waals surface area contributed by atoms with Crippen LogP contribution in [0.15, 0.2) is 0 Å². The molecule has 2 fully saturated rings. The van der Waals surface area contributed by atoms with Crippen molar-refractivity contribution < 1.29 is 18.9 Å². The lowest BCUT2D eigenvalue weighted by Gasteiger charge is -2.29. The molecule has 106 valence electrons. The Balaban J connectivity index is 1.52. The second-order valence-electron chi connectivity index (χ2n) is 5.45. The summed E-state index contributed by atoms with van der Waals surface area (Å²) in [4.78, 5) is 0. The van der Waals surface area contributed by atoms with Gasteiger partial charge in [0.05, 0.1) is 25.9 Å². The first-order valence-corrected chi connectivity index (χ1v) is 7.14. The molecule has 0 amide bonds. The average Bonchev–Trinajstić information content (AvgIpc) is 2.42. The van der Waals surface area contributed by atoms with Gasteiger partial charge >= 0.3 is 0 Å². The van der Waals surface area contributed by atoms with Crippen LogP contribution in [0.25, 0.3) is 0 Å². The molecular formula is C14H26O4. The number of methoxy groups -OCH3 is 1. The summed E-state index contributed by atoms with van der Waals surface area (Å²) >= 11 is 0. The second kappa shape index (κ2) is 8.10. The van der Waals surface area contributed by atoms with Gasteiger partial charge in [-0.1, -0.05) is 0 Å². The van der Waals surface area contributed by atoms with Gasteiger partial charge in [-0.3, -0.25) is 0 Å². The van der Waals surface area contributed by atoms with Crippen molar-refractivity contribution in [2.45, 2.75) is 31.8 Å². The fourth-order valence-corrected chi connectivity index (χ4v) is 2.64. The smallest absolute Gasteiger partial charge is 0.0808 e. The predicted octanol–water partition coefficient (Wildman–Crippen LogP) is 1.87. The molecule has 2 rings (SSSR count). The van der Waals surface area contributed by atoms with E-state index in [4.69, 9.17) is 18.9 Å². The van der Waals surface area contributed by atoms with Gasteiger partial charge in [0.15, 0.2) is 0 Å². The largest absolute Gasteiger partial charge is 0.384 e. The van der Waals surface area contributed by atoms with E-state index in [1.54, 1.807) is 7.11 Å². The molecule has 2 aliphatic heterocycles. The Morgan fingerprint density at radius 3 is 2.44 bits per heavy atom. The highest BCUT2D eigenvalue weighted by molar-refractivity contribution is 4.70. The third-order valence-electron chi connectivity index (χ3n) is 3.87. The molecule has 0 spiro atoms. The zero-order valence-electron chi connectivity index (χ0n) is 11.4. The molecule has 0 aromatic rings. The standard InChI is InChI=1S/C14H26O4/c1-15-8-13-2-3-14(18-10-13)11-17-9-12-4-6-16-7-5-12/h12-14H,2-11H2,1H3. The van der Waals surface area contributed by atoms with Gasteiger partial charge in [-0.15, -0.1) is 0 Å². The highest BCUT2D eigenvalue weighted by atomic mass is 16.5. The molecule has 0 bridgehead atoms. The first kappa shape index (κ1) is 14.3. The summed E-state index contributed by atoms with van der Waals surface area (Å²) in [6.07, 6.45) is 4.86. The fraction of sp³-hybridized carbons (Fsp3) is 1.00. The van der Waals surface area contributed by atoms with Crippen LogP contribution in [0, 0.1) is 11.8 Å². The summed E-state index contributed by atoms with van der Waals surface area (Å²) < 4.78 is 22.1. The summed E-state index contributed by atoms with van der Waals surface area (Å²) in [6, 6.07) is 0. The molecule has 0 aliphatic carbocycles. The van der Waals surface area contributed by atoms with E-state index >= 15 is 0 Å². The molecule has 4 heteroatoms. The minimum Gasteiger partial charge on any atom is -0.384 e. The molecule has 2 unspecified atom stereocenters. The van der Waals surface area contributed by atoms with Crippen LogP contribution >= 0.6 is 0 Å². The molecule has 0 aromatic carbocycles. The number of rotatable bonds is 6. The first-order chi connectivity index (χ1) is 8.88. The topological polar surface area (TPSA) is 36.9 Å². The van der Waals surface area contributed by atoms with Gasteiger partial charge in [-0.25, -0.2) is 0 Å². The van der Waals surface area contributed by atoms with E-state index in [1.807, 2.05) is 0 Å². The number of hydrogen-bond donors (Lipinski definition) is 0. The molecule has 4 nitrogen and oxygen atoms in total. The molecule has 2 saturated heterocycles. The molecule has 2 heterocycles. The van der Waals surface area contributed by atoms with Crippen molar-refractivity contribution in [3.8, 4) is 0 Å². The molecule has 0 N–H and O–H groups in total. The summed E-state index contributed by atoms with van der Waals surface area (Å²) in [7, 11) is 1.75. The van der Waals surface area contributed by atoms with E-state index in [2.05, 4.69) is 0 Å². The average molecular weight is 258 g/mol. The lowest BCUT2D eigenvalue weighted by atomic mass is 9.99. The monoisotopic (exact) mass is 258 g/mol. The molecule has 18 heavy (non-hydrogen) atoms. The quantitative estimate of drug-likeness (QED) is 0.729. The normalized spacial score (nSPS) is 30.5. The molecule has 0 saturated carbocycles. The summed E-state index contributed by atoms with van der Waals surface area (Å²) in [5.41, 5.74) is 0. The van der Waals surface area contributed by atoms with Gasteiger partial charge in [0.1, 0.15) is 0 Å². The van der Waals surface area contributed by atoms with E-state index in [1.165, 1.54) is 6.42 Å². The summed E-state index contributed by atoms with van der Waals surface area (Å²) in [5.74, 6) is 1.25. The van der Waals surface area contributed by atoms with Gasteiger partial charge in [0.2, 0.25) is 0 Å². The highest BCUT2D eigenvalue weighted by Crippen LogP contribution is 2.20. The second-order valence-corrected chi connectivity index (χ2v) is 5.45. The van der Waals surface area contributed by atoms with Crippen molar-refractivity contribution in [2.75, 3.05) is 46.8 Å². The minimum absolute atomic E-state index is 0.290. The van der Waals surface area contributed by atoms with Crippen molar-refractivity contribution in [2.24, 2.45) is 11.8 Å². The lowest BCUT2D eigenvalue weighted by molar-refractivity contribution is -0.0800. The lowest BCUT2D eigenvalue weighted by Crippen LogP contribution is -2.32. The third kappa shape index (κ3) is 4.84. The Labute approximate surface area is 110 Å². The number of ether oxygens (including phenoxy) is 4. The maximum atomic E-state index is 5.80. The van der Waals surface area contributed by atoms with Crippen molar-refractivity contribution in [3.63, 3.8) is 0 Å². The third-order valence-corrected chi connectivity index (χ3v) is 3.87. The molecule has 0 aromatic heterocycles. The van der Waals surface area contributed by atoms with E-state index in [9.17, 15) is 0 Å². The van der Waals surface area contributed by atoms with Crippen LogP contribution in [-0.4, -0.2) is 52.9 Å². The minimum atomic E-state index is 0.290. The highest BCUT2D eigenvalue weighted by Gasteiger charge is 2.22. The van der Waals surface area contributed by atoms with Crippen molar-refractivity contribution in [1.29, 1.82) is 0 Å². The van der Waals surface area contributed by atoms with Crippen molar-refractivity contribution in [1.82, 2.24) is 0 Å². The van der Waals surface area contributed by atoms with Crippen LogP contribution in [-0.2, 0) is 18.9 Å². The van der Waals surface area contributed by atoms with Crippen LogP contribution in [0.4, 0.5) is 0 Å². The Morgan fingerprint density at radius 2 is 1.78 bits per heavy atom. The summed E-state index contributed by atoms with van der Waals surface area (Å²) in [6.45, 7) is 5.04. The molecular weight excluding hydrogens is 232 g/mol. The Bertz CT molecular complexity index is 208. The van der Waals surface area contributed by atoms with Gasteiger partial charge in [-0.2, -0.15) is 0 Å². The van der Waals surface area contributed by atoms with Gasteiger partial charge < -0.3 is 18.9 Å². The van der Waals surface area contributed by atoms with Crippen molar-refractivity contribution >= 4 is 0 Å². The van der Waals surface area contributed by atoms with Gasteiger partial charge in [0, 0.05) is 32.8 Å². The van der Waals surface area contributed by atoms with E-state index < -0.39 is 0 Å². The molecule has 0 radical (unpaired) electrons. The van der Waals surface area contributed by atoms with E-state index in [0.717, 1.165) is 58.9 Å². The van der Waals surface area contributed by atoms with E-state index in [-0.39, 0.29) is 6.10 Å². The van der Waals surface area contributed by atoms with Crippen molar-refractivity contribution in [3.05, 3.63) is 0 Å². The number of hydrogen-bond acceptors (Lipinski definition) is 4. The summed E-state index contributed by atoms with van der Waals surface area (Å²) in [5, 5.41) is 0. The Morgan fingerprint density at radius 1 is 0.944 bits per heavy atom. The zero-order valence-corrected chi connectivity index (χ0v) is 11.4. The Hall–Kier alpha value is -0.160. The maximum Gasteiger partial charge on any atom is 0.0808 e. The van der Waals surface area contributed by atoms with Crippen LogP contribution < -0.4 is 0 Å². The SMILES string of the molecule is COCC1CCC(COCC2CCOCC2)OC1. The molecule has 2 atom stereocenters. The maximum absolute atomic E-state index is 5.80. The van der Waals surface area contributed by atoms with Crippen LogP contribution in [0.1, 0.15) is 25.7 Å². The molecule has 2 aliphatic rings. The first-order valence-electron chi connectivity index (χ1n) is 7.14. The van der Waals surface area contributed by atoms with Crippen LogP contribution in [0.3, 0.4) is 0 Å². The fourth-order valence-electron chi connectivity index (χ4n) is 2.64. The predicted molar refractivity (Wildman–Crippen MR) is 68.7 cm³/mol. The van der Waals surface area contributed by atoms with Crippen LogP contribution in [0.2, 0.25) is 0 Å². The van der Waals surface area contributed by atoms with Gasteiger partial charge in [-0.05, 0) is 31.6 Å². The van der Waals surface area contributed by atoms with Gasteiger partial charge in [0.25, 0.3) is 0 Å².